The fourth-order valence-electron chi connectivity index (χ4n) is 1.83. The lowest BCUT2D eigenvalue weighted by atomic mass is 10.1. The van der Waals surface area contributed by atoms with E-state index in [-0.39, 0.29) is 0 Å². The second kappa shape index (κ2) is 5.27. The lowest BCUT2D eigenvalue weighted by Crippen LogP contribution is -2.04. The van der Waals surface area contributed by atoms with Crippen LogP contribution in [0, 0.1) is 11.7 Å². The molecule has 2 rings (SSSR count). The number of aryl methyl sites for hydroxylation is 1. The molecule has 0 aliphatic carbocycles. The summed E-state index contributed by atoms with van der Waals surface area (Å²) < 4.78 is 2.80. The molecule has 1 heterocycles. The predicted molar refractivity (Wildman–Crippen MR) is 71.7 cm³/mol. The molecule has 0 saturated carbocycles. The normalized spacial score (nSPS) is 10.7. The summed E-state index contributed by atoms with van der Waals surface area (Å²) in [6, 6.07) is 8.54. The van der Waals surface area contributed by atoms with Crippen LogP contribution in [-0.4, -0.2) is 14.8 Å². The summed E-state index contributed by atoms with van der Waals surface area (Å²) in [6.07, 6.45) is 1.89. The molecule has 3 nitrogen and oxygen atoms in total. The fraction of sp³-hybridized carbons (Fsp3) is 0.385. The van der Waals surface area contributed by atoms with Gasteiger partial charge in [0.05, 0.1) is 0 Å². The lowest BCUT2D eigenvalue weighted by molar-refractivity contribution is 0.639. The van der Waals surface area contributed by atoms with Crippen LogP contribution in [0.4, 0.5) is 0 Å². The Morgan fingerprint density at radius 2 is 2.00 bits per heavy atom. The first kappa shape index (κ1) is 12.0. The minimum Gasteiger partial charge on any atom is -0.304 e. The van der Waals surface area contributed by atoms with Gasteiger partial charge in [-0.15, -0.1) is 0 Å². The summed E-state index contributed by atoms with van der Waals surface area (Å²) in [6.45, 7) is 5.16. The second-order valence-electron chi connectivity index (χ2n) is 4.26. The smallest absolute Gasteiger partial charge is 0.195 e. The molecule has 2 aromatic rings. The number of rotatable bonds is 4. The molecule has 0 aliphatic heterocycles. The zero-order chi connectivity index (χ0) is 12.3. The van der Waals surface area contributed by atoms with E-state index in [0.717, 1.165) is 25.2 Å². The van der Waals surface area contributed by atoms with E-state index in [9.17, 15) is 0 Å². The molecule has 90 valence electrons. The van der Waals surface area contributed by atoms with Gasteiger partial charge < -0.3 is 4.57 Å². The molecule has 0 amide bonds. The van der Waals surface area contributed by atoms with Crippen LogP contribution in [0.2, 0.25) is 0 Å². The van der Waals surface area contributed by atoms with Crippen LogP contribution in [0.5, 0.6) is 0 Å². The molecule has 1 aromatic carbocycles. The number of aromatic nitrogens is 3. The summed E-state index contributed by atoms with van der Waals surface area (Å²) in [4.78, 5) is 0. The molecule has 0 spiro atoms. The zero-order valence-electron chi connectivity index (χ0n) is 10.2. The summed E-state index contributed by atoms with van der Waals surface area (Å²) in [5.41, 5.74) is 2.54. The second-order valence-corrected chi connectivity index (χ2v) is 4.65. The molecule has 0 saturated heterocycles. The van der Waals surface area contributed by atoms with Crippen molar-refractivity contribution < 1.29 is 0 Å². The van der Waals surface area contributed by atoms with Crippen molar-refractivity contribution in [1.82, 2.24) is 14.8 Å². The van der Waals surface area contributed by atoms with Crippen molar-refractivity contribution in [2.75, 3.05) is 0 Å². The van der Waals surface area contributed by atoms with E-state index in [1.54, 1.807) is 0 Å². The Balaban J connectivity index is 2.23. The van der Waals surface area contributed by atoms with Gasteiger partial charge in [-0.1, -0.05) is 36.8 Å². The van der Waals surface area contributed by atoms with Gasteiger partial charge in [0.1, 0.15) is 5.82 Å². The van der Waals surface area contributed by atoms with E-state index in [0.29, 0.717) is 4.77 Å². The molecular weight excluding hydrogens is 230 g/mol. The highest BCUT2D eigenvalue weighted by molar-refractivity contribution is 7.71. The van der Waals surface area contributed by atoms with Crippen molar-refractivity contribution in [3.8, 4) is 0 Å². The number of benzene rings is 1. The van der Waals surface area contributed by atoms with Crippen LogP contribution in [0.3, 0.4) is 0 Å². The van der Waals surface area contributed by atoms with Gasteiger partial charge in [-0.3, -0.25) is 5.10 Å². The predicted octanol–water partition coefficient (Wildman–Crippen LogP) is 3.25. The molecule has 0 atom stereocenters. The highest BCUT2D eigenvalue weighted by Crippen LogP contribution is 2.09. The SMILES string of the molecule is CCCn1c(Cc2ccc(C)cc2)n[nH]c1=S. The van der Waals surface area contributed by atoms with Crippen LogP contribution in [0.1, 0.15) is 30.3 Å². The van der Waals surface area contributed by atoms with Gasteiger partial charge in [0.15, 0.2) is 4.77 Å². The molecule has 17 heavy (non-hydrogen) atoms. The van der Waals surface area contributed by atoms with E-state index in [2.05, 4.69) is 52.9 Å². The third-order valence-electron chi connectivity index (χ3n) is 2.77. The fourth-order valence-corrected chi connectivity index (χ4v) is 2.07. The van der Waals surface area contributed by atoms with E-state index in [4.69, 9.17) is 12.2 Å². The number of nitrogens with one attached hydrogen (secondary N) is 1. The first-order valence-electron chi connectivity index (χ1n) is 5.90. The Morgan fingerprint density at radius 1 is 1.29 bits per heavy atom. The molecule has 1 N–H and O–H groups in total. The largest absolute Gasteiger partial charge is 0.304 e. The van der Waals surface area contributed by atoms with Gasteiger partial charge in [0.2, 0.25) is 0 Å². The minimum absolute atomic E-state index is 0.717. The third-order valence-corrected chi connectivity index (χ3v) is 3.08. The van der Waals surface area contributed by atoms with Crippen LogP contribution in [0.15, 0.2) is 24.3 Å². The number of H-pyrrole nitrogens is 1. The summed E-state index contributed by atoms with van der Waals surface area (Å²) in [7, 11) is 0. The molecule has 0 radical (unpaired) electrons. The Bertz CT molecular complexity index is 537. The highest BCUT2D eigenvalue weighted by atomic mass is 32.1. The minimum atomic E-state index is 0.717. The van der Waals surface area contributed by atoms with Crippen molar-refractivity contribution in [2.24, 2.45) is 0 Å². The maximum atomic E-state index is 5.22. The average Bonchev–Trinajstić information content (AvgIpc) is 2.65. The van der Waals surface area contributed by atoms with Crippen LogP contribution in [0.25, 0.3) is 0 Å². The van der Waals surface area contributed by atoms with Gasteiger partial charge in [0.25, 0.3) is 0 Å². The lowest BCUT2D eigenvalue weighted by Gasteiger charge is -2.05. The Kier molecular flexibility index (Phi) is 3.74. The van der Waals surface area contributed by atoms with Crippen LogP contribution in [-0.2, 0) is 13.0 Å². The van der Waals surface area contributed by atoms with Crippen molar-refractivity contribution >= 4 is 12.2 Å². The quantitative estimate of drug-likeness (QED) is 0.841. The van der Waals surface area contributed by atoms with Crippen LogP contribution < -0.4 is 0 Å². The first-order chi connectivity index (χ1) is 8.20. The topological polar surface area (TPSA) is 33.6 Å². The van der Waals surface area contributed by atoms with E-state index < -0.39 is 0 Å². The summed E-state index contributed by atoms with van der Waals surface area (Å²) >= 11 is 5.22. The monoisotopic (exact) mass is 247 g/mol. The van der Waals surface area contributed by atoms with Gasteiger partial charge in [-0.2, -0.15) is 5.10 Å². The maximum absolute atomic E-state index is 5.22. The van der Waals surface area contributed by atoms with E-state index in [1.807, 2.05) is 0 Å². The Morgan fingerprint density at radius 3 is 2.65 bits per heavy atom. The van der Waals surface area contributed by atoms with Gasteiger partial charge in [-0.05, 0) is 31.1 Å². The molecule has 1 aromatic heterocycles. The maximum Gasteiger partial charge on any atom is 0.195 e. The average molecular weight is 247 g/mol. The molecule has 0 unspecified atom stereocenters. The number of hydrogen-bond acceptors (Lipinski definition) is 2. The van der Waals surface area contributed by atoms with E-state index >= 15 is 0 Å². The van der Waals surface area contributed by atoms with Crippen LogP contribution >= 0.6 is 12.2 Å². The van der Waals surface area contributed by atoms with E-state index in [1.165, 1.54) is 11.1 Å². The van der Waals surface area contributed by atoms with Gasteiger partial charge >= 0.3 is 0 Å². The first-order valence-corrected chi connectivity index (χ1v) is 6.31. The highest BCUT2D eigenvalue weighted by Gasteiger charge is 2.05. The molecular formula is C13H17N3S. The Hall–Kier alpha value is -1.42. The number of hydrogen-bond donors (Lipinski definition) is 1. The number of nitrogens with zero attached hydrogens (tertiary/aromatic N) is 2. The zero-order valence-corrected chi connectivity index (χ0v) is 11.0. The van der Waals surface area contributed by atoms with Crippen molar-refractivity contribution in [2.45, 2.75) is 33.2 Å². The van der Waals surface area contributed by atoms with Gasteiger partial charge in [0, 0.05) is 13.0 Å². The van der Waals surface area contributed by atoms with Crippen molar-refractivity contribution in [3.05, 3.63) is 46.0 Å². The molecule has 0 aliphatic rings. The third kappa shape index (κ3) is 2.82. The summed E-state index contributed by atoms with van der Waals surface area (Å²) in [5, 5.41) is 7.17. The Labute approximate surface area is 106 Å². The molecule has 0 fully saturated rings. The number of aromatic amines is 1. The standard InChI is InChI=1S/C13H17N3S/c1-3-8-16-12(14-15-13(16)17)9-11-6-4-10(2)5-7-11/h4-7H,3,8-9H2,1-2H3,(H,15,17). The van der Waals surface area contributed by atoms with Crippen molar-refractivity contribution in [1.29, 1.82) is 0 Å². The molecule has 4 heteroatoms. The summed E-state index contributed by atoms with van der Waals surface area (Å²) in [5.74, 6) is 1.01. The van der Waals surface area contributed by atoms with Crippen molar-refractivity contribution in [3.63, 3.8) is 0 Å². The van der Waals surface area contributed by atoms with Gasteiger partial charge in [-0.25, -0.2) is 0 Å². The molecule has 0 bridgehead atoms.